The van der Waals surface area contributed by atoms with Crippen LogP contribution < -0.4 is 4.72 Å². The Labute approximate surface area is 123 Å². The van der Waals surface area contributed by atoms with Gasteiger partial charge in [0.1, 0.15) is 6.04 Å². The summed E-state index contributed by atoms with van der Waals surface area (Å²) in [5.41, 5.74) is 1.29. The lowest BCUT2D eigenvalue weighted by molar-refractivity contribution is -0.137. The molecule has 0 amide bonds. The van der Waals surface area contributed by atoms with E-state index in [1.807, 2.05) is 13.0 Å². The molecule has 2 aromatic rings. The minimum absolute atomic E-state index is 0.156. The molecule has 0 saturated heterocycles. The van der Waals surface area contributed by atoms with E-state index in [0.717, 1.165) is 17.7 Å². The third kappa shape index (κ3) is 3.62. The lowest BCUT2D eigenvalue weighted by Gasteiger charge is -2.14. The average molecular weight is 313 g/mol. The van der Waals surface area contributed by atoms with Gasteiger partial charge in [-0.15, -0.1) is 0 Å². The monoisotopic (exact) mass is 313 g/mol. The van der Waals surface area contributed by atoms with E-state index in [-0.39, 0.29) is 11.9 Å². The molecule has 0 radical (unpaired) electrons. The quantitative estimate of drug-likeness (QED) is 0.694. The van der Waals surface area contributed by atoms with Gasteiger partial charge in [-0.05, 0) is 41.0 Å². The number of halogens is 3. The number of nitrogens with one attached hydrogen (secondary N) is 1. The summed E-state index contributed by atoms with van der Waals surface area (Å²) in [7, 11) is 0. The third-order valence-electron chi connectivity index (χ3n) is 3.06. The highest BCUT2D eigenvalue weighted by molar-refractivity contribution is 7.63. The van der Waals surface area contributed by atoms with Gasteiger partial charge in [-0.2, -0.15) is 13.2 Å². The molecule has 7 heteroatoms. The number of rotatable bonds is 4. The molecule has 0 aliphatic carbocycles. The SMILES string of the molecule is Cc1cccnc1[C@@H](N[S+]=O)c1ccc(C(F)(F)F)cc1. The Morgan fingerprint density at radius 2 is 1.86 bits per heavy atom. The summed E-state index contributed by atoms with van der Waals surface area (Å²) >= 11 is 0.156. The third-order valence-corrected chi connectivity index (χ3v) is 3.39. The van der Waals surface area contributed by atoms with Gasteiger partial charge in [0.25, 0.3) is 0 Å². The van der Waals surface area contributed by atoms with E-state index in [9.17, 15) is 17.4 Å². The van der Waals surface area contributed by atoms with Gasteiger partial charge in [-0.25, -0.2) is 0 Å². The van der Waals surface area contributed by atoms with Crippen LogP contribution in [0.2, 0.25) is 0 Å². The second kappa shape index (κ2) is 6.28. The molecule has 0 aliphatic heterocycles. The van der Waals surface area contributed by atoms with Crippen molar-refractivity contribution in [1.29, 1.82) is 0 Å². The molecular weight excluding hydrogens is 301 g/mol. The molecule has 1 atom stereocenters. The zero-order chi connectivity index (χ0) is 15.5. The minimum Gasteiger partial charge on any atom is -0.259 e. The molecule has 0 fully saturated rings. The van der Waals surface area contributed by atoms with Crippen LogP contribution in [0.15, 0.2) is 42.6 Å². The van der Waals surface area contributed by atoms with Crippen molar-refractivity contribution in [2.45, 2.75) is 19.1 Å². The van der Waals surface area contributed by atoms with Crippen LogP contribution in [0.5, 0.6) is 0 Å². The maximum Gasteiger partial charge on any atom is 0.588 e. The first-order valence-electron chi connectivity index (χ1n) is 6.06. The van der Waals surface area contributed by atoms with E-state index in [2.05, 4.69) is 9.71 Å². The highest BCUT2D eigenvalue weighted by Gasteiger charge is 2.31. The van der Waals surface area contributed by atoms with E-state index in [0.29, 0.717) is 11.3 Å². The van der Waals surface area contributed by atoms with Crippen LogP contribution in [-0.2, 0) is 22.2 Å². The van der Waals surface area contributed by atoms with Crippen molar-refractivity contribution in [2.24, 2.45) is 0 Å². The topological polar surface area (TPSA) is 42.0 Å². The Morgan fingerprint density at radius 1 is 1.19 bits per heavy atom. The maximum atomic E-state index is 12.6. The summed E-state index contributed by atoms with van der Waals surface area (Å²) in [6.07, 6.45) is -2.80. The number of aryl methyl sites for hydroxylation is 1. The summed E-state index contributed by atoms with van der Waals surface area (Å²) in [5, 5.41) is 0. The van der Waals surface area contributed by atoms with Crippen LogP contribution in [-0.4, -0.2) is 4.98 Å². The lowest BCUT2D eigenvalue weighted by atomic mass is 9.99. The molecule has 2 rings (SSSR count). The van der Waals surface area contributed by atoms with E-state index < -0.39 is 17.8 Å². The number of aromatic nitrogens is 1. The highest BCUT2D eigenvalue weighted by atomic mass is 32.2. The zero-order valence-corrected chi connectivity index (χ0v) is 11.8. The fraction of sp³-hybridized carbons (Fsp3) is 0.214. The Balaban J connectivity index is 2.40. The predicted molar refractivity (Wildman–Crippen MR) is 73.4 cm³/mol. The molecule has 0 saturated carbocycles. The lowest BCUT2D eigenvalue weighted by Crippen LogP contribution is -2.20. The summed E-state index contributed by atoms with van der Waals surface area (Å²) in [6, 6.07) is 7.73. The number of hydrogen-bond acceptors (Lipinski definition) is 2. The predicted octanol–water partition coefficient (Wildman–Crippen LogP) is 3.43. The van der Waals surface area contributed by atoms with Crippen LogP contribution in [0.4, 0.5) is 13.2 Å². The van der Waals surface area contributed by atoms with Crippen molar-refractivity contribution in [3.05, 3.63) is 65.0 Å². The molecule has 0 unspecified atom stereocenters. The van der Waals surface area contributed by atoms with Crippen molar-refractivity contribution in [3.8, 4) is 0 Å². The van der Waals surface area contributed by atoms with Gasteiger partial charge >= 0.3 is 18.0 Å². The van der Waals surface area contributed by atoms with Gasteiger partial charge in [0.15, 0.2) is 0 Å². The normalized spacial score (nSPS) is 13.0. The Kier molecular flexibility index (Phi) is 4.64. The molecule has 110 valence electrons. The summed E-state index contributed by atoms with van der Waals surface area (Å²) in [5.74, 6) is 0. The summed E-state index contributed by atoms with van der Waals surface area (Å²) < 4.78 is 51.2. The van der Waals surface area contributed by atoms with Crippen molar-refractivity contribution in [2.75, 3.05) is 0 Å². The number of benzene rings is 1. The van der Waals surface area contributed by atoms with Crippen LogP contribution in [0.1, 0.15) is 28.4 Å². The van der Waals surface area contributed by atoms with Gasteiger partial charge in [-0.3, -0.25) is 4.98 Å². The van der Waals surface area contributed by atoms with Crippen LogP contribution in [0.3, 0.4) is 0 Å². The van der Waals surface area contributed by atoms with Crippen molar-refractivity contribution >= 4 is 11.9 Å². The van der Waals surface area contributed by atoms with E-state index in [4.69, 9.17) is 0 Å². The Bertz CT molecular complexity index is 629. The molecular formula is C14H12F3N2OS+. The van der Waals surface area contributed by atoms with Gasteiger partial charge in [0.2, 0.25) is 0 Å². The van der Waals surface area contributed by atoms with Crippen LogP contribution in [0.25, 0.3) is 0 Å². The van der Waals surface area contributed by atoms with E-state index >= 15 is 0 Å². The second-order valence-electron chi connectivity index (χ2n) is 4.46. The summed E-state index contributed by atoms with van der Waals surface area (Å²) in [6.45, 7) is 1.83. The zero-order valence-electron chi connectivity index (χ0n) is 11.0. The van der Waals surface area contributed by atoms with Gasteiger partial charge in [0.05, 0.1) is 15.5 Å². The highest BCUT2D eigenvalue weighted by Crippen LogP contribution is 2.31. The molecule has 0 spiro atoms. The van der Waals surface area contributed by atoms with Crippen molar-refractivity contribution in [1.82, 2.24) is 9.71 Å². The van der Waals surface area contributed by atoms with Gasteiger partial charge in [-0.1, -0.05) is 18.2 Å². The second-order valence-corrected chi connectivity index (χ2v) is 4.86. The van der Waals surface area contributed by atoms with Crippen LogP contribution in [0, 0.1) is 6.92 Å². The Hall–Kier alpha value is -1.86. The molecule has 0 bridgehead atoms. The number of pyridine rings is 1. The fourth-order valence-corrected chi connectivity index (χ4v) is 2.34. The van der Waals surface area contributed by atoms with Crippen LogP contribution >= 0.6 is 0 Å². The maximum absolute atomic E-state index is 12.6. The van der Waals surface area contributed by atoms with Crippen molar-refractivity contribution in [3.63, 3.8) is 0 Å². The van der Waals surface area contributed by atoms with E-state index in [1.54, 1.807) is 12.3 Å². The first kappa shape index (κ1) is 15.5. The Morgan fingerprint density at radius 3 is 2.38 bits per heavy atom. The average Bonchev–Trinajstić information content (AvgIpc) is 2.45. The smallest absolute Gasteiger partial charge is 0.259 e. The van der Waals surface area contributed by atoms with Gasteiger partial charge < -0.3 is 0 Å². The fourth-order valence-electron chi connectivity index (χ4n) is 1.99. The summed E-state index contributed by atoms with van der Waals surface area (Å²) in [4.78, 5) is 4.21. The first-order valence-corrected chi connectivity index (χ1v) is 6.80. The molecule has 1 aromatic carbocycles. The molecule has 1 aromatic heterocycles. The number of alkyl halides is 3. The molecule has 1 heterocycles. The first-order chi connectivity index (χ1) is 9.93. The number of hydrogen-bond donors (Lipinski definition) is 1. The van der Waals surface area contributed by atoms with E-state index in [1.165, 1.54) is 12.1 Å². The number of nitrogens with zero attached hydrogens (tertiary/aromatic N) is 1. The largest absolute Gasteiger partial charge is 0.588 e. The molecule has 1 N–H and O–H groups in total. The molecule has 0 aliphatic rings. The van der Waals surface area contributed by atoms with Gasteiger partial charge in [0, 0.05) is 6.20 Å². The van der Waals surface area contributed by atoms with Crippen molar-refractivity contribution < 1.29 is 17.4 Å². The standard InChI is InChI=1S/C14H12F3N2OS/c1-9-3-2-8-18-12(9)13(19-21-20)10-4-6-11(7-5-10)14(15,16)17/h2-8,13H,1H3,(H,19,20)/q+1/t13-/m0/s1. The molecule has 3 nitrogen and oxygen atoms in total. The minimum atomic E-state index is -4.38. The molecule has 21 heavy (non-hydrogen) atoms.